The van der Waals surface area contributed by atoms with E-state index in [0.717, 1.165) is 28.8 Å². The normalized spacial score (nSPS) is 19.2. The van der Waals surface area contributed by atoms with E-state index in [4.69, 9.17) is 9.26 Å². The van der Waals surface area contributed by atoms with Crippen LogP contribution < -0.4 is 10.1 Å². The van der Waals surface area contributed by atoms with E-state index < -0.39 is 0 Å². The first-order chi connectivity index (χ1) is 10.3. The summed E-state index contributed by atoms with van der Waals surface area (Å²) in [4.78, 5) is 4.54. The van der Waals surface area contributed by atoms with E-state index in [-0.39, 0.29) is 6.04 Å². The predicted molar refractivity (Wildman–Crippen MR) is 83.2 cm³/mol. The second kappa shape index (κ2) is 6.58. The van der Waals surface area contributed by atoms with Gasteiger partial charge in [-0.25, -0.2) is 0 Å². The van der Waals surface area contributed by atoms with Crippen molar-refractivity contribution < 1.29 is 9.26 Å². The SMILES string of the molecule is COc1ccc(-c2noc(C3CCCCCN3)n2)cc1Br. The molecule has 1 aliphatic rings. The van der Waals surface area contributed by atoms with Crippen LogP contribution in [0.15, 0.2) is 27.2 Å². The Labute approximate surface area is 132 Å². The van der Waals surface area contributed by atoms with E-state index in [1.807, 2.05) is 18.2 Å². The van der Waals surface area contributed by atoms with Crippen LogP contribution in [0.3, 0.4) is 0 Å². The van der Waals surface area contributed by atoms with Gasteiger partial charge in [-0.15, -0.1) is 0 Å². The van der Waals surface area contributed by atoms with E-state index in [9.17, 15) is 0 Å². The number of benzene rings is 1. The average Bonchev–Trinajstić information content (AvgIpc) is 2.83. The Bertz CT molecular complexity index is 607. The summed E-state index contributed by atoms with van der Waals surface area (Å²) < 4.78 is 11.5. The molecule has 1 fully saturated rings. The van der Waals surface area contributed by atoms with Gasteiger partial charge < -0.3 is 14.6 Å². The van der Waals surface area contributed by atoms with Gasteiger partial charge in [0.05, 0.1) is 17.6 Å². The molecule has 5 nitrogen and oxygen atoms in total. The zero-order chi connectivity index (χ0) is 14.7. The minimum atomic E-state index is 0.176. The molecule has 2 aromatic rings. The van der Waals surface area contributed by atoms with E-state index in [2.05, 4.69) is 31.4 Å². The number of halogens is 1. The van der Waals surface area contributed by atoms with E-state index in [0.29, 0.717) is 11.7 Å². The van der Waals surface area contributed by atoms with Crippen molar-refractivity contribution in [3.05, 3.63) is 28.6 Å². The molecule has 112 valence electrons. The highest BCUT2D eigenvalue weighted by molar-refractivity contribution is 9.10. The Kier molecular flexibility index (Phi) is 4.55. The highest BCUT2D eigenvalue weighted by Gasteiger charge is 2.20. The van der Waals surface area contributed by atoms with Gasteiger partial charge in [0.15, 0.2) is 0 Å². The molecule has 1 aliphatic heterocycles. The molecule has 1 aromatic heterocycles. The lowest BCUT2D eigenvalue weighted by molar-refractivity contribution is 0.327. The quantitative estimate of drug-likeness (QED) is 0.913. The average molecular weight is 352 g/mol. The maximum atomic E-state index is 5.44. The molecule has 6 heteroatoms. The number of methoxy groups -OCH3 is 1. The predicted octanol–water partition coefficient (Wildman–Crippen LogP) is 3.71. The van der Waals surface area contributed by atoms with Crippen LogP contribution in [0.1, 0.15) is 37.6 Å². The van der Waals surface area contributed by atoms with Crippen LogP contribution in [-0.4, -0.2) is 23.8 Å². The molecule has 0 saturated carbocycles. The van der Waals surface area contributed by atoms with Crippen LogP contribution in [0, 0.1) is 0 Å². The lowest BCUT2D eigenvalue weighted by atomic mass is 10.1. The maximum Gasteiger partial charge on any atom is 0.244 e. The molecule has 2 heterocycles. The number of ether oxygens (including phenoxy) is 1. The Morgan fingerprint density at radius 2 is 2.24 bits per heavy atom. The van der Waals surface area contributed by atoms with Crippen LogP contribution in [0.4, 0.5) is 0 Å². The van der Waals surface area contributed by atoms with Gasteiger partial charge >= 0.3 is 0 Å². The van der Waals surface area contributed by atoms with Crippen LogP contribution in [-0.2, 0) is 0 Å². The lowest BCUT2D eigenvalue weighted by Crippen LogP contribution is -2.20. The van der Waals surface area contributed by atoms with Crippen LogP contribution in [0.2, 0.25) is 0 Å². The summed E-state index contributed by atoms with van der Waals surface area (Å²) in [6.45, 7) is 1.01. The Morgan fingerprint density at radius 1 is 1.33 bits per heavy atom. The highest BCUT2D eigenvalue weighted by atomic mass is 79.9. The van der Waals surface area contributed by atoms with Crippen molar-refractivity contribution in [3.63, 3.8) is 0 Å². The highest BCUT2D eigenvalue weighted by Crippen LogP contribution is 2.30. The third-order valence-electron chi connectivity index (χ3n) is 3.71. The summed E-state index contributed by atoms with van der Waals surface area (Å²) in [6.07, 6.45) is 4.72. The standard InChI is InChI=1S/C15H18BrN3O2/c1-20-13-7-6-10(9-11(13)16)14-18-15(21-19-14)12-5-3-2-4-8-17-12/h6-7,9,12,17H,2-5,8H2,1H3. The molecule has 21 heavy (non-hydrogen) atoms. The maximum absolute atomic E-state index is 5.44. The van der Waals surface area contributed by atoms with Crippen molar-refractivity contribution in [1.29, 1.82) is 0 Å². The third-order valence-corrected chi connectivity index (χ3v) is 4.33. The number of hydrogen-bond acceptors (Lipinski definition) is 5. The van der Waals surface area contributed by atoms with E-state index >= 15 is 0 Å². The number of nitrogens with zero attached hydrogens (tertiary/aromatic N) is 2. The molecule has 1 N–H and O–H groups in total. The van der Waals surface area contributed by atoms with Gasteiger partial charge in [0, 0.05) is 5.56 Å². The molecule has 1 aromatic carbocycles. The Balaban J connectivity index is 1.82. The monoisotopic (exact) mass is 351 g/mol. The van der Waals surface area contributed by atoms with Gasteiger partial charge in [0.25, 0.3) is 0 Å². The molecule has 0 radical (unpaired) electrons. The first kappa shape index (κ1) is 14.5. The molecule has 0 spiro atoms. The van der Waals surface area contributed by atoms with Crippen molar-refractivity contribution in [2.45, 2.75) is 31.7 Å². The Morgan fingerprint density at radius 3 is 3.05 bits per heavy atom. The molecular weight excluding hydrogens is 334 g/mol. The molecule has 0 amide bonds. The van der Waals surface area contributed by atoms with Gasteiger partial charge in [0.2, 0.25) is 11.7 Å². The smallest absolute Gasteiger partial charge is 0.244 e. The minimum absolute atomic E-state index is 0.176. The van der Waals surface area contributed by atoms with Crippen LogP contribution in [0.25, 0.3) is 11.4 Å². The van der Waals surface area contributed by atoms with Crippen molar-refractivity contribution in [3.8, 4) is 17.1 Å². The molecule has 0 aliphatic carbocycles. The summed E-state index contributed by atoms with van der Waals surface area (Å²) in [5.74, 6) is 2.08. The zero-order valence-corrected chi connectivity index (χ0v) is 13.5. The first-order valence-electron chi connectivity index (χ1n) is 7.19. The topological polar surface area (TPSA) is 60.2 Å². The van der Waals surface area contributed by atoms with Gasteiger partial charge in [-0.2, -0.15) is 4.98 Å². The van der Waals surface area contributed by atoms with Crippen molar-refractivity contribution in [2.75, 3.05) is 13.7 Å². The summed E-state index contributed by atoms with van der Waals surface area (Å²) in [5.41, 5.74) is 0.909. The lowest BCUT2D eigenvalue weighted by Gasteiger charge is -2.09. The van der Waals surface area contributed by atoms with Crippen molar-refractivity contribution in [1.82, 2.24) is 15.5 Å². The first-order valence-corrected chi connectivity index (χ1v) is 7.98. The molecule has 1 atom stereocenters. The van der Waals surface area contributed by atoms with E-state index in [1.54, 1.807) is 7.11 Å². The zero-order valence-electron chi connectivity index (χ0n) is 11.9. The van der Waals surface area contributed by atoms with Gasteiger partial charge in [-0.05, 0) is 53.5 Å². The Hall–Kier alpha value is -1.40. The molecule has 0 bridgehead atoms. The van der Waals surface area contributed by atoms with Gasteiger partial charge in [-0.1, -0.05) is 18.0 Å². The number of aromatic nitrogens is 2. The minimum Gasteiger partial charge on any atom is -0.496 e. The summed E-state index contributed by atoms with van der Waals surface area (Å²) in [7, 11) is 1.64. The molecule has 1 unspecified atom stereocenters. The summed E-state index contributed by atoms with van der Waals surface area (Å²) in [5, 5.41) is 7.57. The third kappa shape index (κ3) is 3.27. The second-order valence-electron chi connectivity index (χ2n) is 5.16. The van der Waals surface area contributed by atoms with Crippen molar-refractivity contribution >= 4 is 15.9 Å². The van der Waals surface area contributed by atoms with Gasteiger partial charge in [-0.3, -0.25) is 0 Å². The fourth-order valence-electron chi connectivity index (χ4n) is 2.54. The van der Waals surface area contributed by atoms with Crippen LogP contribution in [0.5, 0.6) is 5.75 Å². The summed E-state index contributed by atoms with van der Waals surface area (Å²) in [6, 6.07) is 5.93. The fourth-order valence-corrected chi connectivity index (χ4v) is 3.08. The van der Waals surface area contributed by atoms with Crippen molar-refractivity contribution in [2.24, 2.45) is 0 Å². The van der Waals surface area contributed by atoms with Gasteiger partial charge in [0.1, 0.15) is 5.75 Å². The van der Waals surface area contributed by atoms with Crippen LogP contribution >= 0.6 is 15.9 Å². The molecular formula is C15H18BrN3O2. The second-order valence-corrected chi connectivity index (χ2v) is 6.02. The fraction of sp³-hybridized carbons (Fsp3) is 0.467. The molecule has 3 rings (SSSR count). The molecule has 1 saturated heterocycles. The van der Waals surface area contributed by atoms with E-state index in [1.165, 1.54) is 19.3 Å². The summed E-state index contributed by atoms with van der Waals surface area (Å²) >= 11 is 3.47. The number of hydrogen-bond donors (Lipinski definition) is 1. The largest absolute Gasteiger partial charge is 0.496 e. The number of rotatable bonds is 3. The number of nitrogens with one attached hydrogen (secondary N) is 1.